The van der Waals surface area contributed by atoms with Crippen LogP contribution in [0.1, 0.15) is 24.0 Å². The molecular weight excluding hydrogens is 532 g/mol. The maximum atomic E-state index is 13.6. The second-order valence-electron chi connectivity index (χ2n) is 8.81. The predicted molar refractivity (Wildman–Crippen MR) is 157 cm³/mol. The van der Waals surface area contributed by atoms with Crippen molar-refractivity contribution in [1.29, 1.82) is 5.26 Å². The average molecular weight is 559 g/mol. The summed E-state index contributed by atoms with van der Waals surface area (Å²) in [6, 6.07) is 24.2. The first-order valence-electron chi connectivity index (χ1n) is 12.1. The number of para-hydroxylation sites is 1. The zero-order chi connectivity index (χ0) is 27.9. The van der Waals surface area contributed by atoms with Gasteiger partial charge in [0.1, 0.15) is 5.75 Å². The smallest absolute Gasteiger partial charge is 0.254 e. The molecule has 9 heteroatoms. The van der Waals surface area contributed by atoms with Crippen molar-refractivity contribution in [1.82, 2.24) is 5.32 Å². The third-order valence-electron chi connectivity index (χ3n) is 6.20. The Labute approximate surface area is 236 Å². The Morgan fingerprint density at radius 3 is 2.44 bits per heavy atom. The Bertz CT molecular complexity index is 1510. The minimum absolute atomic E-state index is 0.0166. The van der Waals surface area contributed by atoms with Crippen LogP contribution >= 0.6 is 23.4 Å². The topological polar surface area (TPSA) is 103 Å². The van der Waals surface area contributed by atoms with Crippen molar-refractivity contribution in [3.05, 3.63) is 111 Å². The van der Waals surface area contributed by atoms with Gasteiger partial charge in [0.05, 0.1) is 41.1 Å². The van der Waals surface area contributed by atoms with E-state index in [0.717, 1.165) is 11.1 Å². The van der Waals surface area contributed by atoms with Gasteiger partial charge in [-0.2, -0.15) is 5.26 Å². The van der Waals surface area contributed by atoms with Gasteiger partial charge in [-0.25, -0.2) is 0 Å². The third kappa shape index (κ3) is 6.45. The van der Waals surface area contributed by atoms with Gasteiger partial charge in [0.25, 0.3) is 5.91 Å². The first-order valence-corrected chi connectivity index (χ1v) is 13.5. The molecule has 4 rings (SSSR count). The maximum absolute atomic E-state index is 13.6. The molecule has 0 unspecified atom stereocenters. The summed E-state index contributed by atoms with van der Waals surface area (Å²) in [4.78, 5) is 26.4. The van der Waals surface area contributed by atoms with Crippen LogP contribution in [0.25, 0.3) is 0 Å². The van der Waals surface area contributed by atoms with Crippen molar-refractivity contribution < 1.29 is 14.3 Å². The van der Waals surface area contributed by atoms with Gasteiger partial charge in [0, 0.05) is 22.0 Å². The number of aryl methyl sites for hydroxylation is 1. The number of rotatable bonds is 8. The highest BCUT2D eigenvalue weighted by molar-refractivity contribution is 8.03. The second-order valence-corrected chi connectivity index (χ2v) is 10.2. The van der Waals surface area contributed by atoms with Crippen molar-refractivity contribution >= 4 is 46.6 Å². The number of dihydropyridines is 1. The van der Waals surface area contributed by atoms with Crippen LogP contribution in [0.15, 0.2) is 94.7 Å². The summed E-state index contributed by atoms with van der Waals surface area (Å²) in [6.07, 6.45) is 0. The number of hydrogen-bond donors (Lipinski definition) is 3. The van der Waals surface area contributed by atoms with Crippen LogP contribution in [0, 0.1) is 18.3 Å². The molecule has 0 saturated carbocycles. The number of amides is 2. The van der Waals surface area contributed by atoms with E-state index in [9.17, 15) is 14.9 Å². The fraction of sp³-hybridized carbons (Fsp3) is 0.167. The number of anilines is 2. The zero-order valence-electron chi connectivity index (χ0n) is 21.7. The van der Waals surface area contributed by atoms with Gasteiger partial charge in [0.2, 0.25) is 5.91 Å². The molecule has 0 aliphatic carbocycles. The van der Waals surface area contributed by atoms with Crippen LogP contribution in [0.5, 0.6) is 5.75 Å². The fourth-order valence-electron chi connectivity index (χ4n) is 4.31. The van der Waals surface area contributed by atoms with E-state index < -0.39 is 5.92 Å². The Hall–Kier alpha value is -4.19. The van der Waals surface area contributed by atoms with E-state index in [1.54, 1.807) is 25.1 Å². The maximum Gasteiger partial charge on any atom is 0.254 e. The van der Waals surface area contributed by atoms with Crippen molar-refractivity contribution in [2.45, 2.75) is 19.8 Å². The molecule has 0 radical (unpaired) electrons. The average Bonchev–Trinajstić information content (AvgIpc) is 2.93. The lowest BCUT2D eigenvalue weighted by Gasteiger charge is -2.30. The molecule has 1 aliphatic heterocycles. The lowest BCUT2D eigenvalue weighted by Crippen LogP contribution is -2.31. The lowest BCUT2D eigenvalue weighted by molar-refractivity contribution is -0.114. The van der Waals surface area contributed by atoms with E-state index in [1.807, 2.05) is 61.5 Å². The Kier molecular flexibility index (Phi) is 8.97. The molecule has 1 aliphatic rings. The summed E-state index contributed by atoms with van der Waals surface area (Å²) in [6.45, 7) is 3.72. The number of hydrogen-bond acceptors (Lipinski definition) is 6. The molecule has 1 atom stereocenters. The summed E-state index contributed by atoms with van der Waals surface area (Å²) in [5.41, 5.74) is 4.29. The number of carbonyl (C=O) groups is 2. The number of carbonyl (C=O) groups excluding carboxylic acids is 2. The lowest BCUT2D eigenvalue weighted by atomic mass is 9.82. The van der Waals surface area contributed by atoms with Gasteiger partial charge < -0.3 is 20.7 Å². The SMILES string of the molecule is COc1ccc(Cl)cc1NC(=O)CSC1=C(C#N)[C@@H](c2ccccc2)C(C(=O)Nc2ccccc2C)=C(C)N1. The predicted octanol–water partition coefficient (Wildman–Crippen LogP) is 6.36. The number of nitrogens with one attached hydrogen (secondary N) is 3. The van der Waals surface area contributed by atoms with Crippen LogP contribution in [-0.4, -0.2) is 24.7 Å². The first kappa shape index (κ1) is 27.8. The van der Waals surface area contributed by atoms with Gasteiger partial charge in [-0.05, 0) is 49.2 Å². The molecular formula is C30H27ClN4O3S. The molecule has 0 saturated heterocycles. The Morgan fingerprint density at radius 1 is 1.03 bits per heavy atom. The molecule has 0 spiro atoms. The standard InChI is InChI=1S/C30H27ClN4O3S/c1-18-9-7-8-12-23(18)35-29(37)27-19(2)33-30(22(16-32)28(27)20-10-5-4-6-11-20)39-17-26(36)34-24-15-21(31)13-14-25(24)38-3/h4-15,28,33H,17H2,1-3H3,(H,34,36)(H,35,37)/t28-/m1/s1. The third-order valence-corrected chi connectivity index (χ3v) is 7.45. The van der Waals surface area contributed by atoms with E-state index in [-0.39, 0.29) is 17.6 Å². The van der Waals surface area contributed by atoms with E-state index in [4.69, 9.17) is 16.3 Å². The molecule has 0 fully saturated rings. The fourth-order valence-corrected chi connectivity index (χ4v) is 5.37. The number of methoxy groups -OCH3 is 1. The summed E-state index contributed by atoms with van der Waals surface area (Å²) in [7, 11) is 1.51. The molecule has 1 heterocycles. The number of thioether (sulfide) groups is 1. The monoisotopic (exact) mass is 558 g/mol. The molecule has 0 bridgehead atoms. The van der Waals surface area contributed by atoms with Crippen molar-refractivity contribution in [3.63, 3.8) is 0 Å². The van der Waals surface area contributed by atoms with Crippen LogP contribution in [-0.2, 0) is 9.59 Å². The number of nitrogens with zero attached hydrogens (tertiary/aromatic N) is 1. The van der Waals surface area contributed by atoms with Crippen molar-refractivity contribution in [2.75, 3.05) is 23.5 Å². The molecule has 3 N–H and O–H groups in total. The van der Waals surface area contributed by atoms with Gasteiger partial charge in [-0.15, -0.1) is 0 Å². The molecule has 3 aromatic carbocycles. The van der Waals surface area contributed by atoms with Gasteiger partial charge >= 0.3 is 0 Å². The molecule has 0 aromatic heterocycles. The molecule has 2 amide bonds. The van der Waals surface area contributed by atoms with E-state index in [0.29, 0.717) is 44.0 Å². The minimum Gasteiger partial charge on any atom is -0.495 e. The summed E-state index contributed by atoms with van der Waals surface area (Å²) < 4.78 is 5.30. The number of ether oxygens (including phenoxy) is 1. The van der Waals surface area contributed by atoms with Gasteiger partial charge in [-0.1, -0.05) is 71.9 Å². The molecule has 3 aromatic rings. The summed E-state index contributed by atoms with van der Waals surface area (Å²) in [5, 5.41) is 20.3. The number of halogens is 1. The minimum atomic E-state index is -0.611. The van der Waals surface area contributed by atoms with Crippen molar-refractivity contribution in [3.8, 4) is 11.8 Å². The largest absolute Gasteiger partial charge is 0.495 e. The van der Waals surface area contributed by atoms with E-state index in [1.165, 1.54) is 18.9 Å². The molecule has 198 valence electrons. The normalized spacial score (nSPS) is 14.8. The van der Waals surface area contributed by atoms with Crippen LogP contribution in [0.2, 0.25) is 5.02 Å². The highest BCUT2D eigenvalue weighted by atomic mass is 35.5. The van der Waals surface area contributed by atoms with Crippen LogP contribution in [0.3, 0.4) is 0 Å². The second kappa shape index (κ2) is 12.6. The molecule has 7 nitrogen and oxygen atoms in total. The number of nitriles is 1. The zero-order valence-corrected chi connectivity index (χ0v) is 23.2. The quantitative estimate of drug-likeness (QED) is 0.297. The molecule has 39 heavy (non-hydrogen) atoms. The van der Waals surface area contributed by atoms with Crippen molar-refractivity contribution in [2.24, 2.45) is 0 Å². The highest BCUT2D eigenvalue weighted by Crippen LogP contribution is 2.41. The number of benzene rings is 3. The van der Waals surface area contributed by atoms with E-state index >= 15 is 0 Å². The Morgan fingerprint density at radius 2 is 1.74 bits per heavy atom. The Balaban J connectivity index is 1.62. The van der Waals surface area contributed by atoms with Gasteiger partial charge in [0.15, 0.2) is 0 Å². The van der Waals surface area contributed by atoms with Crippen LogP contribution < -0.4 is 20.7 Å². The number of allylic oxidation sites excluding steroid dienone is 2. The van der Waals surface area contributed by atoms with Crippen LogP contribution in [0.4, 0.5) is 11.4 Å². The summed E-state index contributed by atoms with van der Waals surface area (Å²) >= 11 is 7.27. The highest BCUT2D eigenvalue weighted by Gasteiger charge is 2.35. The van der Waals surface area contributed by atoms with E-state index in [2.05, 4.69) is 22.0 Å². The van der Waals surface area contributed by atoms with Gasteiger partial charge in [-0.3, -0.25) is 9.59 Å². The first-order chi connectivity index (χ1) is 18.8. The summed E-state index contributed by atoms with van der Waals surface area (Å²) in [5.74, 6) is -0.709.